The molecule has 0 aromatic heterocycles. The van der Waals surface area contributed by atoms with Crippen molar-refractivity contribution in [2.24, 2.45) is 11.8 Å². The Hall–Kier alpha value is 0.0869. The van der Waals surface area contributed by atoms with Gasteiger partial charge in [0.15, 0.2) is 8.32 Å². The van der Waals surface area contributed by atoms with E-state index >= 15 is 0 Å². The van der Waals surface area contributed by atoms with Crippen molar-refractivity contribution in [1.82, 2.24) is 0 Å². The lowest BCUT2D eigenvalue weighted by Crippen LogP contribution is -2.42. The van der Waals surface area contributed by atoms with Gasteiger partial charge in [0, 0.05) is 6.61 Å². The van der Waals surface area contributed by atoms with Crippen LogP contribution in [0.2, 0.25) is 18.1 Å². The highest BCUT2D eigenvalue weighted by Gasteiger charge is 2.38. The predicted octanol–water partition coefficient (Wildman–Crippen LogP) is 3.70. The Bertz CT molecular complexity index is 403. The molecule has 120 valence electrons. The van der Waals surface area contributed by atoms with Gasteiger partial charge in [-0.2, -0.15) is 8.42 Å². The van der Waals surface area contributed by atoms with Gasteiger partial charge in [0.25, 0.3) is 10.1 Å². The largest absolute Gasteiger partial charge is 0.417 e. The summed E-state index contributed by atoms with van der Waals surface area (Å²) in [6.45, 7) is 12.0. The Morgan fingerprint density at radius 1 is 1.10 bits per heavy atom. The fourth-order valence-corrected chi connectivity index (χ4v) is 4.42. The maximum Gasteiger partial charge on any atom is 0.265 e. The molecule has 20 heavy (non-hydrogen) atoms. The third-order valence-corrected chi connectivity index (χ3v) is 10.3. The van der Waals surface area contributed by atoms with Crippen LogP contribution in [0.4, 0.5) is 0 Å². The topological polar surface area (TPSA) is 63.6 Å². The summed E-state index contributed by atoms with van der Waals surface area (Å²) in [5.74, 6) is 0.582. The molecule has 4 nitrogen and oxygen atoms in total. The highest BCUT2D eigenvalue weighted by Crippen LogP contribution is 2.38. The van der Waals surface area contributed by atoms with Gasteiger partial charge in [0.1, 0.15) is 0 Å². The first-order valence-electron chi connectivity index (χ1n) is 7.50. The maximum absolute atomic E-state index is 10.9. The summed E-state index contributed by atoms with van der Waals surface area (Å²) in [6, 6.07) is 0. The van der Waals surface area contributed by atoms with Gasteiger partial charge >= 0.3 is 0 Å². The van der Waals surface area contributed by atoms with Gasteiger partial charge in [-0.15, -0.1) is 0 Å². The highest BCUT2D eigenvalue weighted by molar-refractivity contribution is 7.85. The van der Waals surface area contributed by atoms with Crippen LogP contribution in [0.5, 0.6) is 0 Å². The van der Waals surface area contributed by atoms with Crippen molar-refractivity contribution in [2.75, 3.05) is 12.4 Å². The van der Waals surface area contributed by atoms with Gasteiger partial charge in [0.05, 0.1) is 5.75 Å². The zero-order valence-electron chi connectivity index (χ0n) is 13.5. The standard InChI is InChI=1S/C14H30O4SSi/c1-14(2,3)20(4,5)18-10-12-6-8-13(9-7-12)11-19(15,16)17/h12-13H,6-11H2,1-5H3,(H,15,16,17). The van der Waals surface area contributed by atoms with Crippen molar-refractivity contribution in [3.05, 3.63) is 0 Å². The van der Waals surface area contributed by atoms with E-state index in [0.29, 0.717) is 5.92 Å². The molecule has 0 aromatic carbocycles. The second-order valence-corrected chi connectivity index (χ2v) is 14.0. The Labute approximate surface area is 125 Å². The van der Waals surface area contributed by atoms with Crippen LogP contribution in [0, 0.1) is 11.8 Å². The molecular formula is C14H30O4SSi. The minimum Gasteiger partial charge on any atom is -0.417 e. The molecule has 1 N–H and O–H groups in total. The zero-order chi connectivity index (χ0) is 15.6. The van der Waals surface area contributed by atoms with E-state index < -0.39 is 18.4 Å². The molecule has 0 aromatic rings. The van der Waals surface area contributed by atoms with E-state index in [9.17, 15) is 8.42 Å². The predicted molar refractivity (Wildman–Crippen MR) is 85.0 cm³/mol. The molecule has 0 aliphatic heterocycles. The van der Waals surface area contributed by atoms with Crippen LogP contribution in [0.15, 0.2) is 0 Å². The molecule has 0 atom stereocenters. The van der Waals surface area contributed by atoms with E-state index in [1.807, 2.05) is 0 Å². The van der Waals surface area contributed by atoms with Crippen molar-refractivity contribution < 1.29 is 17.4 Å². The summed E-state index contributed by atoms with van der Waals surface area (Å²) in [4.78, 5) is 0. The van der Waals surface area contributed by atoms with Crippen molar-refractivity contribution in [1.29, 1.82) is 0 Å². The Balaban J connectivity index is 2.37. The van der Waals surface area contributed by atoms with Crippen molar-refractivity contribution in [3.63, 3.8) is 0 Å². The average molecular weight is 323 g/mol. The van der Waals surface area contributed by atoms with Gasteiger partial charge in [-0.05, 0) is 55.7 Å². The minimum absolute atomic E-state index is 0.0805. The first kappa shape index (κ1) is 18.1. The van der Waals surface area contributed by atoms with E-state index in [1.54, 1.807) is 0 Å². The summed E-state index contributed by atoms with van der Waals surface area (Å²) in [5, 5.41) is 0.231. The second-order valence-electron chi connectivity index (χ2n) is 7.71. The Morgan fingerprint density at radius 3 is 1.95 bits per heavy atom. The van der Waals surface area contributed by atoms with E-state index in [0.717, 1.165) is 32.3 Å². The summed E-state index contributed by atoms with van der Waals surface area (Å²) in [5.41, 5.74) is 0. The third kappa shape index (κ3) is 5.83. The van der Waals surface area contributed by atoms with E-state index in [-0.39, 0.29) is 16.7 Å². The van der Waals surface area contributed by atoms with E-state index in [1.165, 1.54) is 0 Å². The number of hydrogen-bond acceptors (Lipinski definition) is 3. The summed E-state index contributed by atoms with van der Waals surface area (Å²) in [7, 11) is -5.50. The Kier molecular flexibility index (Phi) is 5.86. The minimum atomic E-state index is -3.82. The lowest BCUT2D eigenvalue weighted by atomic mass is 9.83. The molecule has 0 unspecified atom stereocenters. The quantitative estimate of drug-likeness (QED) is 0.619. The zero-order valence-corrected chi connectivity index (χ0v) is 15.3. The SMILES string of the molecule is CC(C)(C)[Si](C)(C)OCC1CCC(CS(=O)(=O)O)CC1. The number of rotatable bonds is 5. The van der Waals surface area contributed by atoms with Crippen LogP contribution in [0.1, 0.15) is 46.5 Å². The number of hydrogen-bond donors (Lipinski definition) is 1. The summed E-state index contributed by atoms with van der Waals surface area (Å²) >= 11 is 0. The monoisotopic (exact) mass is 322 g/mol. The molecule has 1 aliphatic carbocycles. The average Bonchev–Trinajstić information content (AvgIpc) is 2.24. The van der Waals surface area contributed by atoms with Gasteiger partial charge in [0.2, 0.25) is 0 Å². The molecule has 1 rings (SSSR count). The molecule has 0 saturated heterocycles. The molecular weight excluding hydrogens is 292 g/mol. The first-order valence-corrected chi connectivity index (χ1v) is 12.0. The Morgan fingerprint density at radius 2 is 1.55 bits per heavy atom. The lowest BCUT2D eigenvalue weighted by Gasteiger charge is -2.38. The molecule has 0 bridgehead atoms. The lowest BCUT2D eigenvalue weighted by molar-refractivity contribution is 0.175. The fourth-order valence-electron chi connectivity index (χ4n) is 2.41. The van der Waals surface area contributed by atoms with Gasteiger partial charge in [-0.3, -0.25) is 4.55 Å². The van der Waals surface area contributed by atoms with Crippen molar-refractivity contribution in [3.8, 4) is 0 Å². The van der Waals surface area contributed by atoms with Gasteiger partial charge < -0.3 is 4.43 Å². The molecule has 6 heteroatoms. The molecule has 1 aliphatic rings. The summed E-state index contributed by atoms with van der Waals surface area (Å²) < 4.78 is 36.9. The summed E-state index contributed by atoms with van der Waals surface area (Å²) in [6.07, 6.45) is 3.78. The smallest absolute Gasteiger partial charge is 0.265 e. The molecule has 0 radical (unpaired) electrons. The molecule has 1 saturated carbocycles. The van der Waals surface area contributed by atoms with Gasteiger partial charge in [-0.1, -0.05) is 20.8 Å². The van der Waals surface area contributed by atoms with E-state index in [4.69, 9.17) is 8.98 Å². The third-order valence-electron chi connectivity index (χ3n) is 4.90. The first-order chi connectivity index (χ1) is 8.91. The fraction of sp³-hybridized carbons (Fsp3) is 1.00. The van der Waals surface area contributed by atoms with Gasteiger partial charge in [-0.25, -0.2) is 0 Å². The second kappa shape index (κ2) is 6.46. The maximum atomic E-state index is 10.9. The van der Waals surface area contributed by atoms with Crippen LogP contribution in [-0.4, -0.2) is 33.6 Å². The van der Waals surface area contributed by atoms with Crippen molar-refractivity contribution >= 4 is 18.4 Å². The van der Waals surface area contributed by atoms with Crippen LogP contribution >= 0.6 is 0 Å². The highest BCUT2D eigenvalue weighted by atomic mass is 32.2. The normalized spacial score (nSPS) is 25.7. The van der Waals surface area contributed by atoms with Crippen LogP contribution in [0.3, 0.4) is 0 Å². The molecule has 0 spiro atoms. The molecule has 0 amide bonds. The molecule has 0 heterocycles. The molecule has 1 fully saturated rings. The van der Waals surface area contributed by atoms with Crippen LogP contribution < -0.4 is 0 Å². The van der Waals surface area contributed by atoms with Crippen LogP contribution in [0.25, 0.3) is 0 Å². The van der Waals surface area contributed by atoms with Crippen LogP contribution in [-0.2, 0) is 14.5 Å². The van der Waals surface area contributed by atoms with E-state index in [2.05, 4.69) is 33.9 Å². The van der Waals surface area contributed by atoms with Crippen molar-refractivity contribution in [2.45, 2.75) is 64.6 Å².